The monoisotopic (exact) mass is 177 g/mol. The van der Waals surface area contributed by atoms with E-state index in [0.717, 1.165) is 11.3 Å². The van der Waals surface area contributed by atoms with Gasteiger partial charge in [-0.15, -0.1) is 0 Å². The molecule has 1 atom stereocenters. The molecule has 1 saturated heterocycles. The van der Waals surface area contributed by atoms with E-state index in [1.54, 1.807) is 6.20 Å². The molecule has 0 aliphatic carbocycles. The van der Waals surface area contributed by atoms with Gasteiger partial charge in [-0.2, -0.15) is 0 Å². The van der Waals surface area contributed by atoms with Gasteiger partial charge in [0.25, 0.3) is 0 Å². The first-order valence-electron chi connectivity index (χ1n) is 4.21. The smallest absolute Gasteiger partial charge is 0.235 e. The first kappa shape index (κ1) is 8.19. The van der Waals surface area contributed by atoms with Crippen LogP contribution >= 0.6 is 0 Å². The van der Waals surface area contributed by atoms with Crippen LogP contribution in [-0.2, 0) is 4.79 Å². The summed E-state index contributed by atoms with van der Waals surface area (Å²) in [6.07, 6.45) is 1.71. The summed E-state index contributed by atoms with van der Waals surface area (Å²) in [6.45, 7) is 2.32. The minimum atomic E-state index is -0.0689. The van der Waals surface area contributed by atoms with E-state index in [1.807, 2.05) is 19.1 Å². The minimum absolute atomic E-state index is 0.0329. The van der Waals surface area contributed by atoms with Gasteiger partial charge in [0.2, 0.25) is 5.91 Å². The lowest BCUT2D eigenvalue weighted by molar-refractivity contribution is -0.118. The Morgan fingerprint density at radius 3 is 2.92 bits per heavy atom. The first-order valence-corrected chi connectivity index (χ1v) is 4.21. The van der Waals surface area contributed by atoms with Crippen LogP contribution in [0.1, 0.15) is 17.4 Å². The first-order chi connectivity index (χ1) is 6.25. The van der Waals surface area contributed by atoms with Crippen molar-refractivity contribution in [2.24, 2.45) is 0 Å². The van der Waals surface area contributed by atoms with Gasteiger partial charge < -0.3 is 5.32 Å². The molecule has 1 fully saturated rings. The molecule has 2 rings (SSSR count). The van der Waals surface area contributed by atoms with Crippen LogP contribution in [0.3, 0.4) is 0 Å². The number of amides is 1. The number of hydrogen-bond acceptors (Lipinski definition) is 3. The summed E-state index contributed by atoms with van der Waals surface area (Å²) in [6, 6.07) is 3.90. The zero-order valence-corrected chi connectivity index (χ0v) is 7.37. The number of rotatable bonds is 1. The molecular formula is C9H11N3O. The molecule has 1 unspecified atom stereocenters. The van der Waals surface area contributed by atoms with Crippen LogP contribution in [0.25, 0.3) is 0 Å². The highest BCUT2D eigenvalue weighted by Gasteiger charge is 2.20. The Morgan fingerprint density at radius 2 is 2.38 bits per heavy atom. The Bertz CT molecular complexity index is 320. The topological polar surface area (TPSA) is 54.0 Å². The summed E-state index contributed by atoms with van der Waals surface area (Å²) in [4.78, 5) is 15.1. The van der Waals surface area contributed by atoms with Crippen LogP contribution in [-0.4, -0.2) is 17.4 Å². The average molecular weight is 177 g/mol. The second-order valence-electron chi connectivity index (χ2n) is 3.11. The van der Waals surface area contributed by atoms with E-state index >= 15 is 0 Å². The quantitative estimate of drug-likeness (QED) is 0.640. The van der Waals surface area contributed by atoms with Crippen molar-refractivity contribution in [3.63, 3.8) is 0 Å². The van der Waals surface area contributed by atoms with E-state index < -0.39 is 0 Å². The Balaban J connectivity index is 2.17. The molecule has 1 aromatic rings. The van der Waals surface area contributed by atoms with Gasteiger partial charge in [-0.3, -0.25) is 15.1 Å². The summed E-state index contributed by atoms with van der Waals surface area (Å²) in [7, 11) is 0. The van der Waals surface area contributed by atoms with Gasteiger partial charge >= 0.3 is 0 Å². The van der Waals surface area contributed by atoms with Gasteiger partial charge in [0.15, 0.2) is 0 Å². The SMILES string of the molecule is Cc1ccc(C2NCC(=O)N2)cn1. The molecule has 0 saturated carbocycles. The van der Waals surface area contributed by atoms with Crippen LogP contribution in [0.4, 0.5) is 0 Å². The molecule has 2 heterocycles. The maximum Gasteiger partial charge on any atom is 0.235 e. The van der Waals surface area contributed by atoms with Gasteiger partial charge in [0, 0.05) is 17.5 Å². The van der Waals surface area contributed by atoms with Gasteiger partial charge in [0.05, 0.1) is 6.54 Å². The average Bonchev–Trinajstić information content (AvgIpc) is 2.53. The zero-order valence-electron chi connectivity index (χ0n) is 7.37. The lowest BCUT2D eigenvalue weighted by Gasteiger charge is -2.09. The molecule has 13 heavy (non-hydrogen) atoms. The molecule has 0 spiro atoms. The van der Waals surface area contributed by atoms with E-state index in [9.17, 15) is 4.79 Å². The van der Waals surface area contributed by atoms with Gasteiger partial charge in [-0.05, 0) is 13.0 Å². The van der Waals surface area contributed by atoms with Crippen molar-refractivity contribution in [1.82, 2.24) is 15.6 Å². The molecule has 68 valence electrons. The molecule has 4 heteroatoms. The third-order valence-corrected chi connectivity index (χ3v) is 2.04. The zero-order chi connectivity index (χ0) is 9.26. The summed E-state index contributed by atoms with van der Waals surface area (Å²) >= 11 is 0. The van der Waals surface area contributed by atoms with Crippen molar-refractivity contribution in [1.29, 1.82) is 0 Å². The van der Waals surface area contributed by atoms with Gasteiger partial charge in [-0.1, -0.05) is 6.07 Å². The highest BCUT2D eigenvalue weighted by Crippen LogP contribution is 2.11. The third kappa shape index (κ3) is 1.67. The standard InChI is InChI=1S/C9H11N3O/c1-6-2-3-7(4-10-6)9-11-5-8(13)12-9/h2-4,9,11H,5H2,1H3,(H,12,13). The fourth-order valence-corrected chi connectivity index (χ4v) is 1.31. The predicted molar refractivity (Wildman–Crippen MR) is 47.9 cm³/mol. The van der Waals surface area contributed by atoms with Gasteiger partial charge in [0.1, 0.15) is 6.17 Å². The number of carbonyl (C=O) groups excluding carboxylic acids is 1. The molecular weight excluding hydrogens is 166 g/mol. The van der Waals surface area contributed by atoms with Crippen molar-refractivity contribution in [3.05, 3.63) is 29.6 Å². The molecule has 0 radical (unpaired) electrons. The van der Waals surface area contributed by atoms with Crippen LogP contribution in [0.2, 0.25) is 0 Å². The van der Waals surface area contributed by atoms with E-state index in [4.69, 9.17) is 0 Å². The van der Waals surface area contributed by atoms with E-state index in [2.05, 4.69) is 15.6 Å². The number of aryl methyl sites for hydroxylation is 1. The highest BCUT2D eigenvalue weighted by atomic mass is 16.2. The third-order valence-electron chi connectivity index (χ3n) is 2.04. The highest BCUT2D eigenvalue weighted by molar-refractivity contribution is 5.80. The summed E-state index contributed by atoms with van der Waals surface area (Å²) in [5, 5.41) is 5.84. The molecule has 4 nitrogen and oxygen atoms in total. The predicted octanol–water partition coefficient (Wildman–Crippen LogP) is 0.108. The maximum absolute atomic E-state index is 10.9. The fraction of sp³-hybridized carbons (Fsp3) is 0.333. The van der Waals surface area contributed by atoms with Crippen LogP contribution in [0.15, 0.2) is 18.3 Å². The van der Waals surface area contributed by atoms with Crippen molar-refractivity contribution in [2.75, 3.05) is 6.54 Å². The number of carbonyl (C=O) groups is 1. The summed E-state index contributed by atoms with van der Waals surface area (Å²) in [5.74, 6) is 0.0329. The minimum Gasteiger partial charge on any atom is -0.335 e. The molecule has 0 bridgehead atoms. The lowest BCUT2D eigenvalue weighted by Crippen LogP contribution is -2.22. The molecule has 1 aromatic heterocycles. The number of nitrogens with one attached hydrogen (secondary N) is 2. The van der Waals surface area contributed by atoms with Crippen molar-refractivity contribution in [3.8, 4) is 0 Å². The Kier molecular flexibility index (Phi) is 1.98. The van der Waals surface area contributed by atoms with Gasteiger partial charge in [-0.25, -0.2) is 0 Å². The number of aromatic nitrogens is 1. The summed E-state index contributed by atoms with van der Waals surface area (Å²) in [5.41, 5.74) is 1.98. The van der Waals surface area contributed by atoms with Crippen LogP contribution in [0.5, 0.6) is 0 Å². The molecule has 1 aliphatic rings. The number of nitrogens with zero attached hydrogens (tertiary/aromatic N) is 1. The molecule has 2 N–H and O–H groups in total. The van der Waals surface area contributed by atoms with Crippen molar-refractivity contribution < 1.29 is 4.79 Å². The molecule has 1 amide bonds. The fourth-order valence-electron chi connectivity index (χ4n) is 1.31. The Hall–Kier alpha value is -1.42. The summed E-state index contributed by atoms with van der Waals surface area (Å²) < 4.78 is 0. The second-order valence-corrected chi connectivity index (χ2v) is 3.11. The maximum atomic E-state index is 10.9. The lowest BCUT2D eigenvalue weighted by atomic mass is 10.2. The number of pyridine rings is 1. The van der Waals surface area contributed by atoms with Crippen molar-refractivity contribution >= 4 is 5.91 Å². The molecule has 1 aliphatic heterocycles. The second kappa shape index (κ2) is 3.14. The number of hydrogen-bond donors (Lipinski definition) is 2. The van der Waals surface area contributed by atoms with Crippen LogP contribution < -0.4 is 10.6 Å². The van der Waals surface area contributed by atoms with E-state index in [1.165, 1.54) is 0 Å². The van der Waals surface area contributed by atoms with Crippen LogP contribution in [0, 0.1) is 6.92 Å². The molecule has 0 aromatic carbocycles. The van der Waals surface area contributed by atoms with E-state index in [-0.39, 0.29) is 12.1 Å². The Labute approximate surface area is 76.4 Å². The Morgan fingerprint density at radius 1 is 1.54 bits per heavy atom. The normalized spacial score (nSPS) is 21.6. The largest absolute Gasteiger partial charge is 0.335 e. The van der Waals surface area contributed by atoms with E-state index in [0.29, 0.717) is 6.54 Å². The van der Waals surface area contributed by atoms with Crippen molar-refractivity contribution in [2.45, 2.75) is 13.1 Å².